The largest absolute Gasteiger partial charge is 0.457 e. The average molecular weight is 396 g/mol. The molecule has 0 spiro atoms. The molecule has 0 atom stereocenters. The zero-order valence-corrected chi connectivity index (χ0v) is 16.1. The minimum atomic E-state index is 0.121. The number of aromatic nitrogens is 1. The fraction of sp³-hybridized carbons (Fsp3) is 0. The molecule has 0 saturated heterocycles. The van der Waals surface area contributed by atoms with Gasteiger partial charge in [0, 0.05) is 16.3 Å². The van der Waals surface area contributed by atoms with Crippen LogP contribution >= 0.6 is 11.3 Å². The number of para-hydroxylation sites is 2. The number of rotatable bonds is 4. The molecule has 0 amide bonds. The van der Waals surface area contributed by atoms with E-state index in [1.54, 1.807) is 0 Å². The van der Waals surface area contributed by atoms with Crippen molar-refractivity contribution in [3.05, 3.63) is 95.9 Å². The Kier molecular flexibility index (Phi) is 4.42. The Labute approximate surface area is 171 Å². The molecular weight excluding hydrogens is 380 g/mol. The fourth-order valence-electron chi connectivity index (χ4n) is 3.09. The summed E-state index contributed by atoms with van der Waals surface area (Å²) in [6, 6.07) is 27.2. The van der Waals surface area contributed by atoms with E-state index in [1.165, 1.54) is 11.3 Å². The van der Waals surface area contributed by atoms with E-state index in [0.29, 0.717) is 11.1 Å². The van der Waals surface area contributed by atoms with Crippen LogP contribution in [0.25, 0.3) is 32.8 Å². The summed E-state index contributed by atoms with van der Waals surface area (Å²) >= 11 is 1.50. The molecule has 0 aliphatic rings. The predicted molar refractivity (Wildman–Crippen MR) is 115 cm³/mol. The van der Waals surface area contributed by atoms with Gasteiger partial charge in [-0.3, -0.25) is 5.41 Å². The molecule has 140 valence electrons. The van der Waals surface area contributed by atoms with Crippen molar-refractivity contribution < 1.29 is 9.15 Å². The van der Waals surface area contributed by atoms with Crippen molar-refractivity contribution in [2.45, 2.75) is 0 Å². The van der Waals surface area contributed by atoms with Crippen molar-refractivity contribution in [2.24, 2.45) is 0 Å². The number of hydrogen-bond donors (Lipinski definition) is 1. The van der Waals surface area contributed by atoms with E-state index in [2.05, 4.69) is 0 Å². The number of thiazole rings is 1. The highest BCUT2D eigenvalue weighted by Gasteiger charge is 2.11. The van der Waals surface area contributed by atoms with Gasteiger partial charge in [0.15, 0.2) is 0 Å². The van der Waals surface area contributed by atoms with Gasteiger partial charge in [-0.1, -0.05) is 36.4 Å². The van der Waals surface area contributed by atoms with Crippen molar-refractivity contribution in [3.63, 3.8) is 0 Å². The molecule has 5 rings (SSSR count). The van der Waals surface area contributed by atoms with Crippen LogP contribution in [0, 0.1) is 5.41 Å². The van der Waals surface area contributed by atoms with Gasteiger partial charge in [0.25, 0.3) is 0 Å². The molecule has 0 radical (unpaired) electrons. The zero-order chi connectivity index (χ0) is 19.6. The Balaban J connectivity index is 1.43. The summed E-state index contributed by atoms with van der Waals surface area (Å²) in [5, 5.41) is 11.9. The molecule has 0 fully saturated rings. The van der Waals surface area contributed by atoms with Gasteiger partial charge in [-0.15, -0.1) is 11.3 Å². The second-order valence-corrected chi connectivity index (χ2v) is 7.36. The normalized spacial score (nSPS) is 10.9. The molecule has 5 heteroatoms. The summed E-state index contributed by atoms with van der Waals surface area (Å²) < 4.78 is 11.5. The van der Waals surface area contributed by atoms with E-state index < -0.39 is 0 Å². The Morgan fingerprint density at radius 1 is 0.828 bits per heavy atom. The van der Waals surface area contributed by atoms with Gasteiger partial charge >= 0.3 is 0 Å². The number of hydrogen-bond acceptors (Lipinski definition) is 5. The minimum Gasteiger partial charge on any atom is -0.457 e. The first-order valence-corrected chi connectivity index (χ1v) is 10.0. The van der Waals surface area contributed by atoms with E-state index in [9.17, 15) is 0 Å². The van der Waals surface area contributed by atoms with E-state index in [0.717, 1.165) is 33.2 Å². The molecule has 0 saturated carbocycles. The van der Waals surface area contributed by atoms with Gasteiger partial charge in [-0.2, -0.15) is 0 Å². The van der Waals surface area contributed by atoms with Crippen molar-refractivity contribution in [2.75, 3.05) is 0 Å². The Hall–Kier alpha value is -3.70. The van der Waals surface area contributed by atoms with Crippen LogP contribution in [-0.4, -0.2) is 4.98 Å². The number of ether oxygens (including phenoxy) is 1. The first kappa shape index (κ1) is 17.4. The molecule has 5 aromatic rings. The quantitative estimate of drug-likeness (QED) is 0.377. The van der Waals surface area contributed by atoms with E-state index in [4.69, 9.17) is 19.5 Å². The number of nitrogens with zero attached hydrogens (tertiary/aromatic N) is 1. The first-order chi connectivity index (χ1) is 14.3. The Bertz CT molecular complexity index is 1340. The maximum Gasteiger partial charge on any atom is 0.222 e. The van der Waals surface area contributed by atoms with Crippen LogP contribution < -0.4 is 10.3 Å². The van der Waals surface area contributed by atoms with Crippen LogP contribution in [0.15, 0.2) is 94.7 Å². The molecule has 0 aliphatic heterocycles. The van der Waals surface area contributed by atoms with Crippen LogP contribution in [-0.2, 0) is 0 Å². The number of fused-ring (bicyclic) bond motifs is 1. The third-order valence-corrected chi connectivity index (χ3v) is 5.41. The monoisotopic (exact) mass is 396 g/mol. The molecular formula is C24H16N2O2S. The van der Waals surface area contributed by atoms with Crippen molar-refractivity contribution in [1.82, 2.24) is 4.98 Å². The summed E-state index contributed by atoms with van der Waals surface area (Å²) in [5.41, 5.74) is 3.38. The summed E-state index contributed by atoms with van der Waals surface area (Å²) in [7, 11) is 0. The van der Waals surface area contributed by atoms with E-state index in [-0.39, 0.29) is 5.55 Å². The van der Waals surface area contributed by atoms with Crippen molar-refractivity contribution in [1.29, 1.82) is 5.41 Å². The lowest BCUT2D eigenvalue weighted by Gasteiger charge is -2.05. The molecule has 4 nitrogen and oxygen atoms in total. The van der Waals surface area contributed by atoms with E-state index in [1.807, 2.05) is 90.3 Å². The van der Waals surface area contributed by atoms with Gasteiger partial charge in [0.1, 0.15) is 22.1 Å². The van der Waals surface area contributed by atoms with Gasteiger partial charge < -0.3 is 9.15 Å². The molecule has 1 N–H and O–H groups in total. The summed E-state index contributed by atoms with van der Waals surface area (Å²) in [6.45, 7) is 0. The first-order valence-electron chi connectivity index (χ1n) is 9.13. The molecule has 29 heavy (non-hydrogen) atoms. The van der Waals surface area contributed by atoms with Crippen LogP contribution in [0.5, 0.6) is 11.5 Å². The third-order valence-electron chi connectivity index (χ3n) is 4.54. The molecule has 2 aromatic heterocycles. The Morgan fingerprint density at radius 2 is 1.55 bits per heavy atom. The smallest absolute Gasteiger partial charge is 0.222 e. The second kappa shape index (κ2) is 7.37. The maximum absolute atomic E-state index is 8.22. The van der Waals surface area contributed by atoms with Crippen molar-refractivity contribution in [3.8, 4) is 33.3 Å². The highest BCUT2D eigenvalue weighted by atomic mass is 32.1. The summed E-state index contributed by atoms with van der Waals surface area (Å²) in [4.78, 5) is 4.73. The molecule has 0 bridgehead atoms. The van der Waals surface area contributed by atoms with Crippen LogP contribution in [0.3, 0.4) is 0 Å². The lowest BCUT2D eigenvalue weighted by molar-refractivity contribution is 0.483. The Morgan fingerprint density at radius 3 is 2.38 bits per heavy atom. The van der Waals surface area contributed by atoms with Gasteiger partial charge in [-0.05, 0) is 48.5 Å². The van der Waals surface area contributed by atoms with Crippen LogP contribution in [0.1, 0.15) is 0 Å². The van der Waals surface area contributed by atoms with Gasteiger partial charge in [0.05, 0.1) is 11.3 Å². The minimum absolute atomic E-state index is 0.121. The zero-order valence-electron chi connectivity index (χ0n) is 15.3. The number of nitrogens with one attached hydrogen (secondary N) is 1. The highest BCUT2D eigenvalue weighted by Crippen LogP contribution is 2.30. The van der Waals surface area contributed by atoms with Gasteiger partial charge in [0.2, 0.25) is 5.55 Å². The second-order valence-electron chi connectivity index (χ2n) is 6.50. The standard InChI is InChI=1S/C24H16N2O2S/c25-23-20(14-17-6-4-5-9-22(17)28-23)24-26-21(15-29-24)16-10-12-19(13-11-16)27-18-7-2-1-3-8-18/h1-15,25H. The third kappa shape index (κ3) is 3.56. The summed E-state index contributed by atoms with van der Waals surface area (Å²) in [5.74, 6) is 1.58. The SMILES string of the molecule is N=c1oc2ccccc2cc1-c1nc(-c2ccc(Oc3ccccc3)cc2)cs1. The van der Waals surface area contributed by atoms with E-state index >= 15 is 0 Å². The maximum atomic E-state index is 8.22. The average Bonchev–Trinajstić information content (AvgIpc) is 3.24. The topological polar surface area (TPSA) is 59.1 Å². The van der Waals surface area contributed by atoms with Crippen LogP contribution in [0.4, 0.5) is 0 Å². The highest BCUT2D eigenvalue weighted by molar-refractivity contribution is 7.13. The molecule has 2 heterocycles. The number of benzene rings is 3. The molecule has 0 unspecified atom stereocenters. The molecule has 3 aromatic carbocycles. The van der Waals surface area contributed by atoms with Crippen molar-refractivity contribution >= 4 is 22.3 Å². The predicted octanol–water partition coefficient (Wildman–Crippen LogP) is 6.50. The summed E-state index contributed by atoms with van der Waals surface area (Å²) in [6.07, 6.45) is 0. The lowest BCUT2D eigenvalue weighted by atomic mass is 10.1. The molecule has 0 aliphatic carbocycles. The fourth-order valence-corrected chi connectivity index (χ4v) is 3.93. The lowest BCUT2D eigenvalue weighted by Crippen LogP contribution is -2.02. The van der Waals surface area contributed by atoms with Gasteiger partial charge in [-0.25, -0.2) is 4.98 Å². The van der Waals surface area contributed by atoms with Crippen LogP contribution in [0.2, 0.25) is 0 Å².